The molecule has 0 aromatic carbocycles. The van der Waals surface area contributed by atoms with Crippen LogP contribution in [-0.4, -0.2) is 15.9 Å². The first-order valence-corrected chi connectivity index (χ1v) is 5.97. The highest BCUT2D eigenvalue weighted by atomic mass is 32.1. The minimum absolute atomic E-state index is 0.137. The molecule has 1 unspecified atom stereocenters. The first-order valence-electron chi connectivity index (χ1n) is 5.09. The van der Waals surface area contributed by atoms with Crippen molar-refractivity contribution >= 4 is 23.1 Å². The molecule has 0 aliphatic rings. The zero-order valence-corrected chi connectivity index (χ0v) is 10.1. The van der Waals surface area contributed by atoms with Crippen molar-refractivity contribution in [2.75, 3.05) is 5.73 Å². The Morgan fingerprint density at radius 1 is 1.47 bits per heavy atom. The molecule has 0 spiro atoms. The second-order valence-corrected chi connectivity index (χ2v) is 4.43. The SMILES string of the molecule is CC(NC(=O)c1cccnc1N)c1nccs1. The van der Waals surface area contributed by atoms with Gasteiger partial charge in [-0.25, -0.2) is 9.97 Å². The van der Waals surface area contributed by atoms with Gasteiger partial charge in [0.1, 0.15) is 10.8 Å². The number of thiazole rings is 1. The summed E-state index contributed by atoms with van der Waals surface area (Å²) in [5.41, 5.74) is 6.02. The lowest BCUT2D eigenvalue weighted by molar-refractivity contribution is 0.0940. The number of carbonyl (C=O) groups is 1. The lowest BCUT2D eigenvalue weighted by atomic mass is 10.2. The Labute approximate surface area is 103 Å². The van der Waals surface area contributed by atoms with Crippen molar-refractivity contribution in [3.8, 4) is 0 Å². The summed E-state index contributed by atoms with van der Waals surface area (Å²) in [6.45, 7) is 1.88. The van der Waals surface area contributed by atoms with E-state index in [1.165, 1.54) is 11.3 Å². The Morgan fingerprint density at radius 2 is 2.29 bits per heavy atom. The highest BCUT2D eigenvalue weighted by Crippen LogP contribution is 2.16. The van der Waals surface area contributed by atoms with Crippen molar-refractivity contribution in [1.29, 1.82) is 0 Å². The summed E-state index contributed by atoms with van der Waals surface area (Å²) in [6, 6.07) is 3.19. The number of aromatic nitrogens is 2. The molecule has 3 N–H and O–H groups in total. The van der Waals surface area contributed by atoms with E-state index in [2.05, 4.69) is 15.3 Å². The third-order valence-electron chi connectivity index (χ3n) is 2.25. The van der Waals surface area contributed by atoms with Crippen LogP contribution in [0.5, 0.6) is 0 Å². The lowest BCUT2D eigenvalue weighted by Crippen LogP contribution is -2.27. The summed E-state index contributed by atoms with van der Waals surface area (Å²) in [6.07, 6.45) is 3.26. The number of pyridine rings is 1. The number of nitrogens with two attached hydrogens (primary N) is 1. The van der Waals surface area contributed by atoms with Gasteiger partial charge in [-0.2, -0.15) is 0 Å². The summed E-state index contributed by atoms with van der Waals surface area (Å²) in [5, 5.41) is 5.56. The molecule has 2 aromatic rings. The van der Waals surface area contributed by atoms with Gasteiger partial charge in [-0.15, -0.1) is 11.3 Å². The highest BCUT2D eigenvalue weighted by molar-refractivity contribution is 7.09. The van der Waals surface area contributed by atoms with Gasteiger partial charge in [0, 0.05) is 17.8 Å². The minimum atomic E-state index is -0.238. The summed E-state index contributed by atoms with van der Waals surface area (Å²) in [4.78, 5) is 19.9. The van der Waals surface area contributed by atoms with E-state index < -0.39 is 0 Å². The van der Waals surface area contributed by atoms with Crippen LogP contribution in [0.2, 0.25) is 0 Å². The fourth-order valence-electron chi connectivity index (χ4n) is 1.39. The summed E-state index contributed by atoms with van der Waals surface area (Å²) in [5.74, 6) is -0.00496. The van der Waals surface area contributed by atoms with Crippen LogP contribution in [0.25, 0.3) is 0 Å². The number of amides is 1. The van der Waals surface area contributed by atoms with Crippen LogP contribution in [0.4, 0.5) is 5.82 Å². The number of nitrogens with one attached hydrogen (secondary N) is 1. The van der Waals surface area contributed by atoms with E-state index >= 15 is 0 Å². The van der Waals surface area contributed by atoms with Crippen LogP contribution in [0.1, 0.15) is 28.3 Å². The predicted molar refractivity (Wildman–Crippen MR) is 66.6 cm³/mol. The second-order valence-electron chi connectivity index (χ2n) is 3.50. The van der Waals surface area contributed by atoms with E-state index in [4.69, 9.17) is 5.73 Å². The molecule has 0 bridgehead atoms. The average Bonchev–Trinajstić information content (AvgIpc) is 2.82. The number of hydrogen-bond acceptors (Lipinski definition) is 5. The van der Waals surface area contributed by atoms with Crippen molar-refractivity contribution in [3.05, 3.63) is 40.5 Å². The minimum Gasteiger partial charge on any atom is -0.383 e. The maximum Gasteiger partial charge on any atom is 0.255 e. The first-order chi connectivity index (χ1) is 8.18. The van der Waals surface area contributed by atoms with E-state index in [1.54, 1.807) is 24.5 Å². The van der Waals surface area contributed by atoms with Gasteiger partial charge < -0.3 is 11.1 Å². The van der Waals surface area contributed by atoms with Gasteiger partial charge in [-0.3, -0.25) is 4.79 Å². The Bertz CT molecular complexity index is 512. The molecule has 6 heteroatoms. The largest absolute Gasteiger partial charge is 0.383 e. The molecule has 2 heterocycles. The number of carbonyl (C=O) groups excluding carboxylic acids is 1. The first kappa shape index (κ1) is 11.5. The van der Waals surface area contributed by atoms with Crippen LogP contribution in [0.3, 0.4) is 0 Å². The second kappa shape index (κ2) is 4.92. The third kappa shape index (κ3) is 2.59. The average molecular weight is 248 g/mol. The molecule has 2 rings (SSSR count). The van der Waals surface area contributed by atoms with Crippen molar-refractivity contribution < 1.29 is 4.79 Å². The van der Waals surface area contributed by atoms with E-state index in [0.717, 1.165) is 5.01 Å². The molecule has 0 fully saturated rings. The molecule has 5 nitrogen and oxygen atoms in total. The number of rotatable bonds is 3. The fourth-order valence-corrected chi connectivity index (χ4v) is 2.04. The highest BCUT2D eigenvalue weighted by Gasteiger charge is 2.15. The summed E-state index contributed by atoms with van der Waals surface area (Å²) < 4.78 is 0. The Balaban J connectivity index is 2.10. The summed E-state index contributed by atoms with van der Waals surface area (Å²) in [7, 11) is 0. The fraction of sp³-hybridized carbons (Fsp3) is 0.182. The third-order valence-corrected chi connectivity index (χ3v) is 3.21. The van der Waals surface area contributed by atoms with E-state index in [0.29, 0.717) is 5.56 Å². The number of nitrogens with zero attached hydrogens (tertiary/aromatic N) is 2. The van der Waals surface area contributed by atoms with E-state index in [-0.39, 0.29) is 17.8 Å². The normalized spacial score (nSPS) is 12.1. The molecular formula is C11H12N4OS. The summed E-state index contributed by atoms with van der Waals surface area (Å²) >= 11 is 1.50. The molecule has 0 saturated carbocycles. The molecule has 2 aromatic heterocycles. The van der Waals surface area contributed by atoms with Crippen LogP contribution in [-0.2, 0) is 0 Å². The molecule has 0 saturated heterocycles. The Hall–Kier alpha value is -1.95. The zero-order chi connectivity index (χ0) is 12.3. The van der Waals surface area contributed by atoms with Gasteiger partial charge in [-0.05, 0) is 19.1 Å². The molecule has 0 aliphatic heterocycles. The Kier molecular flexibility index (Phi) is 3.34. The molecule has 0 aliphatic carbocycles. The maximum absolute atomic E-state index is 11.9. The smallest absolute Gasteiger partial charge is 0.255 e. The van der Waals surface area contributed by atoms with Gasteiger partial charge in [0.2, 0.25) is 0 Å². The molecule has 0 radical (unpaired) electrons. The zero-order valence-electron chi connectivity index (χ0n) is 9.25. The number of hydrogen-bond donors (Lipinski definition) is 2. The molecule has 88 valence electrons. The quantitative estimate of drug-likeness (QED) is 0.864. The van der Waals surface area contributed by atoms with Gasteiger partial charge in [0.05, 0.1) is 11.6 Å². The standard InChI is InChI=1S/C11H12N4OS/c1-7(11-14-5-6-17-11)15-10(16)8-3-2-4-13-9(8)12/h2-7H,1H3,(H2,12,13)(H,15,16). The van der Waals surface area contributed by atoms with Gasteiger partial charge in [0.25, 0.3) is 5.91 Å². The maximum atomic E-state index is 11.9. The van der Waals surface area contributed by atoms with E-state index in [1.807, 2.05) is 12.3 Å². The van der Waals surface area contributed by atoms with Gasteiger partial charge >= 0.3 is 0 Å². The van der Waals surface area contributed by atoms with Crippen LogP contribution < -0.4 is 11.1 Å². The van der Waals surface area contributed by atoms with E-state index in [9.17, 15) is 4.79 Å². The van der Waals surface area contributed by atoms with Crippen molar-refractivity contribution in [2.24, 2.45) is 0 Å². The molecular weight excluding hydrogens is 236 g/mol. The van der Waals surface area contributed by atoms with Gasteiger partial charge in [0.15, 0.2) is 0 Å². The van der Waals surface area contributed by atoms with Crippen molar-refractivity contribution in [2.45, 2.75) is 13.0 Å². The van der Waals surface area contributed by atoms with Crippen molar-refractivity contribution in [3.63, 3.8) is 0 Å². The van der Waals surface area contributed by atoms with Crippen molar-refractivity contribution in [1.82, 2.24) is 15.3 Å². The monoisotopic (exact) mass is 248 g/mol. The van der Waals surface area contributed by atoms with Gasteiger partial charge in [-0.1, -0.05) is 0 Å². The molecule has 17 heavy (non-hydrogen) atoms. The topological polar surface area (TPSA) is 80.9 Å². The number of nitrogen functional groups attached to an aromatic ring is 1. The van der Waals surface area contributed by atoms with Crippen LogP contribution in [0.15, 0.2) is 29.9 Å². The molecule has 1 atom stereocenters. The lowest BCUT2D eigenvalue weighted by Gasteiger charge is -2.11. The van der Waals surface area contributed by atoms with Crippen LogP contribution in [0, 0.1) is 0 Å². The molecule has 1 amide bonds. The van der Waals surface area contributed by atoms with Crippen LogP contribution >= 0.6 is 11.3 Å². The Morgan fingerprint density at radius 3 is 2.94 bits per heavy atom. The number of anilines is 1. The predicted octanol–water partition coefficient (Wildman–Crippen LogP) is 1.61.